The maximum absolute atomic E-state index is 10.8. The van der Waals surface area contributed by atoms with Gasteiger partial charge in [-0.3, -0.25) is 4.79 Å². The molecule has 0 saturated heterocycles. The van der Waals surface area contributed by atoms with E-state index in [-0.39, 0.29) is 5.56 Å². The minimum Gasteiger partial charge on any atom is -0.478 e. The van der Waals surface area contributed by atoms with Gasteiger partial charge in [-0.15, -0.1) is 11.3 Å². The zero-order valence-electron chi connectivity index (χ0n) is 7.74. The molecule has 1 rings (SSSR count). The molecular formula is C9H11NO3S. The van der Waals surface area contributed by atoms with Gasteiger partial charge in [0.05, 0.1) is 5.56 Å². The first kappa shape index (κ1) is 10.7. The lowest BCUT2D eigenvalue weighted by Gasteiger charge is -1.93. The lowest BCUT2D eigenvalue weighted by molar-refractivity contribution is -0.105. The van der Waals surface area contributed by atoms with E-state index in [1.807, 2.05) is 6.92 Å². The van der Waals surface area contributed by atoms with Crippen molar-refractivity contribution < 1.29 is 14.7 Å². The van der Waals surface area contributed by atoms with Crippen molar-refractivity contribution in [2.45, 2.75) is 19.8 Å². The Kier molecular flexibility index (Phi) is 3.64. The second-order valence-electron chi connectivity index (χ2n) is 2.77. The van der Waals surface area contributed by atoms with Crippen LogP contribution in [0.25, 0.3) is 0 Å². The number of hydrogen-bond acceptors (Lipinski definition) is 3. The third kappa shape index (κ3) is 2.32. The third-order valence-corrected chi connectivity index (χ3v) is 2.83. The molecule has 5 heteroatoms. The second kappa shape index (κ2) is 4.76. The Labute approximate surface area is 85.6 Å². The molecule has 0 bridgehead atoms. The first-order chi connectivity index (χ1) is 6.69. The maximum Gasteiger partial charge on any atom is 0.338 e. The predicted molar refractivity (Wildman–Crippen MR) is 55.0 cm³/mol. The number of aryl methyl sites for hydroxylation is 1. The normalized spacial score (nSPS) is 9.79. The number of thiophene rings is 1. The van der Waals surface area contributed by atoms with Crippen molar-refractivity contribution in [2.24, 2.45) is 0 Å². The molecule has 0 radical (unpaired) electrons. The largest absolute Gasteiger partial charge is 0.478 e. The highest BCUT2D eigenvalue weighted by Gasteiger charge is 2.14. The molecular weight excluding hydrogens is 202 g/mol. The molecule has 1 heterocycles. The van der Waals surface area contributed by atoms with E-state index in [0.29, 0.717) is 11.4 Å². The number of hydrogen-bond donors (Lipinski definition) is 2. The Morgan fingerprint density at radius 3 is 2.93 bits per heavy atom. The average Bonchev–Trinajstić information content (AvgIpc) is 2.49. The summed E-state index contributed by atoms with van der Waals surface area (Å²) < 4.78 is 0. The van der Waals surface area contributed by atoms with Crippen LogP contribution in [0.2, 0.25) is 0 Å². The zero-order valence-corrected chi connectivity index (χ0v) is 8.56. The number of carbonyl (C=O) groups is 2. The number of nitrogens with one attached hydrogen (secondary N) is 1. The van der Waals surface area contributed by atoms with Gasteiger partial charge in [-0.2, -0.15) is 0 Å². The minimum absolute atomic E-state index is 0.172. The van der Waals surface area contributed by atoms with Gasteiger partial charge in [-0.25, -0.2) is 4.79 Å². The molecule has 0 aliphatic carbocycles. The van der Waals surface area contributed by atoms with Gasteiger partial charge >= 0.3 is 5.97 Å². The van der Waals surface area contributed by atoms with E-state index in [1.165, 1.54) is 11.3 Å². The van der Waals surface area contributed by atoms with E-state index in [9.17, 15) is 9.59 Å². The van der Waals surface area contributed by atoms with Crippen molar-refractivity contribution in [1.82, 2.24) is 0 Å². The van der Waals surface area contributed by atoms with Crippen LogP contribution >= 0.6 is 11.3 Å². The van der Waals surface area contributed by atoms with Crippen molar-refractivity contribution in [3.05, 3.63) is 16.5 Å². The van der Waals surface area contributed by atoms with Crippen LogP contribution in [0.1, 0.15) is 28.6 Å². The third-order valence-electron chi connectivity index (χ3n) is 1.70. The summed E-state index contributed by atoms with van der Waals surface area (Å²) in [5.74, 6) is -1.01. The Balaban J connectivity index is 2.98. The van der Waals surface area contributed by atoms with Gasteiger partial charge in [-0.1, -0.05) is 13.3 Å². The number of aromatic carboxylic acids is 1. The molecule has 0 fully saturated rings. The Hall–Kier alpha value is -1.36. The van der Waals surface area contributed by atoms with Gasteiger partial charge in [0.15, 0.2) is 0 Å². The molecule has 0 unspecified atom stereocenters. The summed E-state index contributed by atoms with van der Waals surface area (Å²) >= 11 is 1.31. The monoisotopic (exact) mass is 213 g/mol. The Morgan fingerprint density at radius 2 is 2.43 bits per heavy atom. The highest BCUT2D eigenvalue weighted by atomic mass is 32.1. The fraction of sp³-hybridized carbons (Fsp3) is 0.333. The number of carbonyl (C=O) groups excluding carboxylic acids is 1. The van der Waals surface area contributed by atoms with Gasteiger partial charge in [0.25, 0.3) is 0 Å². The molecule has 1 aromatic heterocycles. The molecule has 0 aromatic carbocycles. The number of rotatable bonds is 5. The molecule has 0 saturated carbocycles. The summed E-state index contributed by atoms with van der Waals surface area (Å²) in [7, 11) is 0. The summed E-state index contributed by atoms with van der Waals surface area (Å²) in [6.45, 7) is 2.02. The van der Waals surface area contributed by atoms with E-state index in [1.54, 1.807) is 6.07 Å². The van der Waals surface area contributed by atoms with Crippen LogP contribution in [0.4, 0.5) is 5.00 Å². The molecule has 4 nitrogen and oxygen atoms in total. The zero-order chi connectivity index (χ0) is 10.6. The van der Waals surface area contributed by atoms with Crippen molar-refractivity contribution in [3.8, 4) is 0 Å². The molecule has 14 heavy (non-hydrogen) atoms. The number of carboxylic acid groups (broad SMARTS) is 1. The Bertz CT molecular complexity index is 346. The standard InChI is InChI=1S/C9H11NO3S/c1-2-3-6-4-7(9(12)13)8(14-6)10-5-11/h4-5H,2-3H2,1H3,(H,10,11)(H,12,13). The van der Waals surface area contributed by atoms with Gasteiger partial charge in [0.1, 0.15) is 5.00 Å². The lowest BCUT2D eigenvalue weighted by atomic mass is 10.2. The highest BCUT2D eigenvalue weighted by molar-refractivity contribution is 7.16. The van der Waals surface area contributed by atoms with Gasteiger partial charge in [0, 0.05) is 4.88 Å². The second-order valence-corrected chi connectivity index (χ2v) is 3.91. The van der Waals surface area contributed by atoms with Crippen LogP contribution in [0, 0.1) is 0 Å². The molecule has 0 spiro atoms. The van der Waals surface area contributed by atoms with Crippen LogP contribution in [-0.2, 0) is 11.2 Å². The molecule has 0 aliphatic heterocycles. The molecule has 1 aromatic rings. The summed E-state index contributed by atoms with van der Waals surface area (Å²) in [5, 5.41) is 11.6. The minimum atomic E-state index is -1.01. The topological polar surface area (TPSA) is 66.4 Å². The molecule has 76 valence electrons. The van der Waals surface area contributed by atoms with Crippen LogP contribution < -0.4 is 5.32 Å². The van der Waals surface area contributed by atoms with Crippen molar-refractivity contribution in [2.75, 3.05) is 5.32 Å². The number of amides is 1. The summed E-state index contributed by atoms with van der Waals surface area (Å²) in [4.78, 5) is 22.0. The molecule has 0 aliphatic rings. The summed E-state index contributed by atoms with van der Waals surface area (Å²) in [5.41, 5.74) is 0.172. The highest BCUT2D eigenvalue weighted by Crippen LogP contribution is 2.28. The summed E-state index contributed by atoms with van der Waals surface area (Å²) in [6.07, 6.45) is 2.29. The predicted octanol–water partition coefficient (Wildman–Crippen LogP) is 1.97. The van der Waals surface area contributed by atoms with Crippen LogP contribution in [0.3, 0.4) is 0 Å². The number of anilines is 1. The fourth-order valence-electron chi connectivity index (χ4n) is 1.13. The first-order valence-corrected chi connectivity index (χ1v) is 5.06. The van der Waals surface area contributed by atoms with Crippen molar-refractivity contribution in [3.63, 3.8) is 0 Å². The van der Waals surface area contributed by atoms with Gasteiger partial charge in [0.2, 0.25) is 6.41 Å². The van der Waals surface area contributed by atoms with Crippen LogP contribution in [0.15, 0.2) is 6.07 Å². The SMILES string of the molecule is CCCc1cc(C(=O)O)c(NC=O)s1. The Morgan fingerprint density at radius 1 is 1.71 bits per heavy atom. The number of carboxylic acids is 1. The fourth-order valence-corrected chi connectivity index (χ4v) is 2.24. The van der Waals surface area contributed by atoms with Crippen molar-refractivity contribution >= 4 is 28.7 Å². The van der Waals surface area contributed by atoms with E-state index >= 15 is 0 Å². The average molecular weight is 213 g/mol. The van der Waals surface area contributed by atoms with Crippen LogP contribution in [-0.4, -0.2) is 17.5 Å². The van der Waals surface area contributed by atoms with E-state index < -0.39 is 5.97 Å². The maximum atomic E-state index is 10.8. The quantitative estimate of drug-likeness (QED) is 0.735. The van der Waals surface area contributed by atoms with E-state index in [0.717, 1.165) is 17.7 Å². The summed E-state index contributed by atoms with van der Waals surface area (Å²) in [6, 6.07) is 1.61. The molecule has 0 atom stereocenters. The van der Waals surface area contributed by atoms with Crippen molar-refractivity contribution in [1.29, 1.82) is 0 Å². The molecule has 1 amide bonds. The first-order valence-electron chi connectivity index (χ1n) is 4.25. The smallest absolute Gasteiger partial charge is 0.338 e. The lowest BCUT2D eigenvalue weighted by Crippen LogP contribution is -2.00. The van der Waals surface area contributed by atoms with Gasteiger partial charge < -0.3 is 10.4 Å². The van der Waals surface area contributed by atoms with Crippen LogP contribution in [0.5, 0.6) is 0 Å². The molecule has 2 N–H and O–H groups in total. The van der Waals surface area contributed by atoms with Gasteiger partial charge in [-0.05, 0) is 12.5 Å². The van der Waals surface area contributed by atoms with E-state index in [4.69, 9.17) is 5.11 Å². The van der Waals surface area contributed by atoms with E-state index in [2.05, 4.69) is 5.32 Å².